The second-order valence-corrected chi connectivity index (χ2v) is 5.24. The van der Waals surface area contributed by atoms with Gasteiger partial charge in [0.15, 0.2) is 0 Å². The van der Waals surface area contributed by atoms with Crippen molar-refractivity contribution in [3.8, 4) is 0 Å². The standard InChI is InChI=1S/C15H21FN2O2.ClH/c1-18(11-12-3-5-13(16)6-4-12)14(19)15(20-2)7-9-17-10-8-15;/h3-6,17H,7-11H2,1-2H3;1H. The Balaban J connectivity index is 0.00000220. The summed E-state index contributed by atoms with van der Waals surface area (Å²) in [4.78, 5) is 14.3. The topological polar surface area (TPSA) is 41.6 Å². The molecule has 1 heterocycles. The van der Waals surface area contributed by atoms with Gasteiger partial charge in [-0.3, -0.25) is 4.79 Å². The van der Waals surface area contributed by atoms with Crippen molar-refractivity contribution in [1.82, 2.24) is 10.2 Å². The molecule has 0 radical (unpaired) electrons. The number of benzene rings is 1. The minimum atomic E-state index is -0.722. The molecule has 0 unspecified atom stereocenters. The van der Waals surface area contributed by atoms with E-state index >= 15 is 0 Å². The third kappa shape index (κ3) is 4.15. The van der Waals surface area contributed by atoms with E-state index < -0.39 is 5.60 Å². The summed E-state index contributed by atoms with van der Waals surface area (Å²) in [6.07, 6.45) is 1.35. The molecular formula is C15H22ClFN2O2. The van der Waals surface area contributed by atoms with Gasteiger partial charge in [0.1, 0.15) is 11.4 Å². The van der Waals surface area contributed by atoms with Crippen LogP contribution in [0.4, 0.5) is 4.39 Å². The molecule has 1 aliphatic rings. The number of carbonyl (C=O) groups is 1. The Bertz CT molecular complexity index is 461. The summed E-state index contributed by atoms with van der Waals surface area (Å²) in [5.41, 5.74) is 0.183. The van der Waals surface area contributed by atoms with E-state index in [0.717, 1.165) is 18.7 Å². The molecular weight excluding hydrogens is 295 g/mol. The van der Waals surface area contributed by atoms with Crippen molar-refractivity contribution >= 4 is 18.3 Å². The number of hydrogen-bond donors (Lipinski definition) is 1. The van der Waals surface area contributed by atoms with Crippen LogP contribution < -0.4 is 5.32 Å². The molecule has 2 rings (SSSR count). The molecule has 1 fully saturated rings. The van der Waals surface area contributed by atoms with Gasteiger partial charge >= 0.3 is 0 Å². The van der Waals surface area contributed by atoms with Crippen LogP contribution in [0.2, 0.25) is 0 Å². The van der Waals surface area contributed by atoms with Gasteiger partial charge in [-0.2, -0.15) is 0 Å². The van der Waals surface area contributed by atoms with Gasteiger partial charge in [0.05, 0.1) is 0 Å². The lowest BCUT2D eigenvalue weighted by molar-refractivity contribution is -0.157. The van der Waals surface area contributed by atoms with Crippen LogP contribution in [-0.2, 0) is 16.1 Å². The van der Waals surface area contributed by atoms with Crippen molar-refractivity contribution in [3.63, 3.8) is 0 Å². The highest BCUT2D eigenvalue weighted by Crippen LogP contribution is 2.25. The van der Waals surface area contributed by atoms with Crippen LogP contribution in [0.25, 0.3) is 0 Å². The largest absolute Gasteiger partial charge is 0.368 e. The first-order chi connectivity index (χ1) is 9.57. The molecule has 0 saturated carbocycles. The van der Waals surface area contributed by atoms with Gasteiger partial charge in [0.25, 0.3) is 5.91 Å². The highest BCUT2D eigenvalue weighted by atomic mass is 35.5. The van der Waals surface area contributed by atoms with Crippen molar-refractivity contribution in [2.75, 3.05) is 27.2 Å². The normalized spacial score (nSPS) is 16.9. The summed E-state index contributed by atoms with van der Waals surface area (Å²) < 4.78 is 18.4. The maximum absolute atomic E-state index is 12.9. The van der Waals surface area contributed by atoms with Crippen LogP contribution in [0.1, 0.15) is 18.4 Å². The highest BCUT2D eigenvalue weighted by molar-refractivity contribution is 5.85. The van der Waals surface area contributed by atoms with Gasteiger partial charge in [0, 0.05) is 20.7 Å². The van der Waals surface area contributed by atoms with E-state index in [1.807, 2.05) is 0 Å². The number of halogens is 2. The van der Waals surface area contributed by atoms with Crippen molar-refractivity contribution in [1.29, 1.82) is 0 Å². The van der Waals surface area contributed by atoms with Gasteiger partial charge in [-0.1, -0.05) is 12.1 Å². The van der Waals surface area contributed by atoms with Crippen LogP contribution >= 0.6 is 12.4 Å². The molecule has 1 amide bonds. The average molecular weight is 317 g/mol. The number of likely N-dealkylation sites (N-methyl/N-ethyl adjacent to an activating group) is 1. The van der Waals surface area contributed by atoms with E-state index in [2.05, 4.69) is 5.32 Å². The smallest absolute Gasteiger partial charge is 0.254 e. The average Bonchev–Trinajstić information content (AvgIpc) is 2.49. The van der Waals surface area contributed by atoms with Crippen molar-refractivity contribution in [2.24, 2.45) is 0 Å². The molecule has 118 valence electrons. The summed E-state index contributed by atoms with van der Waals surface area (Å²) >= 11 is 0. The van der Waals surface area contributed by atoms with Crippen LogP contribution in [0.3, 0.4) is 0 Å². The number of methoxy groups -OCH3 is 1. The monoisotopic (exact) mass is 316 g/mol. The third-order valence-corrected chi connectivity index (χ3v) is 3.87. The predicted molar refractivity (Wildman–Crippen MR) is 82.0 cm³/mol. The second-order valence-electron chi connectivity index (χ2n) is 5.24. The second kappa shape index (κ2) is 7.73. The molecule has 21 heavy (non-hydrogen) atoms. The Hall–Kier alpha value is -1.17. The molecule has 0 aromatic heterocycles. The van der Waals surface area contributed by atoms with Gasteiger partial charge in [0.2, 0.25) is 0 Å². The zero-order valence-corrected chi connectivity index (χ0v) is 13.2. The zero-order chi connectivity index (χ0) is 14.6. The fourth-order valence-electron chi connectivity index (χ4n) is 2.62. The first-order valence-electron chi connectivity index (χ1n) is 6.83. The van der Waals surface area contributed by atoms with E-state index in [0.29, 0.717) is 19.4 Å². The number of rotatable bonds is 4. The number of nitrogens with zero attached hydrogens (tertiary/aromatic N) is 1. The van der Waals surface area contributed by atoms with Crippen LogP contribution in [-0.4, -0.2) is 43.7 Å². The van der Waals surface area contributed by atoms with E-state index in [1.54, 1.807) is 31.2 Å². The van der Waals surface area contributed by atoms with E-state index in [4.69, 9.17) is 4.74 Å². The molecule has 0 bridgehead atoms. The van der Waals surface area contributed by atoms with E-state index in [-0.39, 0.29) is 24.1 Å². The molecule has 0 spiro atoms. The number of ether oxygens (including phenoxy) is 1. The Labute approximate surface area is 131 Å². The number of amides is 1. The SMILES string of the molecule is COC1(C(=O)N(C)Cc2ccc(F)cc2)CCNCC1.Cl. The van der Waals surface area contributed by atoms with Crippen LogP contribution in [0.5, 0.6) is 0 Å². The Kier molecular flexibility index (Phi) is 6.58. The number of hydrogen-bond acceptors (Lipinski definition) is 3. The minimum Gasteiger partial charge on any atom is -0.368 e. The summed E-state index contributed by atoms with van der Waals surface area (Å²) in [7, 11) is 3.35. The fourth-order valence-corrected chi connectivity index (χ4v) is 2.62. The van der Waals surface area contributed by atoms with Crippen molar-refractivity contribution in [2.45, 2.75) is 25.0 Å². The van der Waals surface area contributed by atoms with Gasteiger partial charge < -0.3 is 15.0 Å². The van der Waals surface area contributed by atoms with Crippen molar-refractivity contribution in [3.05, 3.63) is 35.6 Å². The lowest BCUT2D eigenvalue weighted by Gasteiger charge is -2.37. The summed E-state index contributed by atoms with van der Waals surface area (Å²) in [6, 6.07) is 6.20. The van der Waals surface area contributed by atoms with Gasteiger partial charge in [-0.15, -0.1) is 12.4 Å². The lowest BCUT2D eigenvalue weighted by atomic mass is 9.90. The maximum Gasteiger partial charge on any atom is 0.254 e. The van der Waals surface area contributed by atoms with E-state index in [9.17, 15) is 9.18 Å². The van der Waals surface area contributed by atoms with Crippen LogP contribution in [0.15, 0.2) is 24.3 Å². The molecule has 1 aromatic carbocycles. The van der Waals surface area contributed by atoms with Gasteiger partial charge in [-0.05, 0) is 43.6 Å². The molecule has 6 heteroatoms. The Morgan fingerprint density at radius 1 is 1.33 bits per heavy atom. The first-order valence-corrected chi connectivity index (χ1v) is 6.83. The quantitative estimate of drug-likeness (QED) is 0.923. The molecule has 1 N–H and O–H groups in total. The molecule has 0 atom stereocenters. The van der Waals surface area contributed by atoms with Crippen molar-refractivity contribution < 1.29 is 13.9 Å². The van der Waals surface area contributed by atoms with E-state index in [1.165, 1.54) is 12.1 Å². The molecule has 0 aliphatic carbocycles. The maximum atomic E-state index is 12.9. The highest BCUT2D eigenvalue weighted by Gasteiger charge is 2.41. The zero-order valence-electron chi connectivity index (χ0n) is 12.4. The van der Waals surface area contributed by atoms with Crippen LogP contribution in [0, 0.1) is 5.82 Å². The molecule has 1 aromatic rings. The Morgan fingerprint density at radius 3 is 2.43 bits per heavy atom. The number of carbonyl (C=O) groups excluding carboxylic acids is 1. The lowest BCUT2D eigenvalue weighted by Crippen LogP contribution is -2.54. The Morgan fingerprint density at radius 2 is 1.90 bits per heavy atom. The number of piperidine rings is 1. The summed E-state index contributed by atoms with van der Waals surface area (Å²) in [5, 5.41) is 3.23. The fraction of sp³-hybridized carbons (Fsp3) is 0.533. The summed E-state index contributed by atoms with van der Waals surface area (Å²) in [6.45, 7) is 2.02. The van der Waals surface area contributed by atoms with Gasteiger partial charge in [-0.25, -0.2) is 4.39 Å². The first kappa shape index (κ1) is 17.9. The molecule has 1 saturated heterocycles. The minimum absolute atomic E-state index is 0. The predicted octanol–water partition coefficient (Wildman–Crippen LogP) is 1.97. The molecule has 1 aliphatic heterocycles. The summed E-state index contributed by atoms with van der Waals surface area (Å²) in [5.74, 6) is -0.278. The third-order valence-electron chi connectivity index (χ3n) is 3.87. The number of nitrogens with one attached hydrogen (secondary N) is 1. The molecule has 4 nitrogen and oxygen atoms in total.